The third-order valence-corrected chi connectivity index (χ3v) is 4.13. The van der Waals surface area contributed by atoms with Gasteiger partial charge in [0, 0.05) is 13.1 Å². The van der Waals surface area contributed by atoms with Gasteiger partial charge in [0.05, 0.1) is 12.7 Å². The highest BCUT2D eigenvalue weighted by Gasteiger charge is 2.15. The zero-order chi connectivity index (χ0) is 13.9. The van der Waals surface area contributed by atoms with Gasteiger partial charge in [0.2, 0.25) is 0 Å². The third-order valence-electron chi connectivity index (χ3n) is 4.13. The van der Waals surface area contributed by atoms with Crippen LogP contribution in [0.4, 0.5) is 0 Å². The van der Waals surface area contributed by atoms with Crippen LogP contribution in [-0.2, 0) is 4.74 Å². The molecular weight excluding hydrogens is 246 g/mol. The molecule has 1 fully saturated rings. The van der Waals surface area contributed by atoms with Gasteiger partial charge in [-0.1, -0.05) is 42.5 Å². The van der Waals surface area contributed by atoms with Crippen LogP contribution in [0.3, 0.4) is 0 Å². The summed E-state index contributed by atoms with van der Waals surface area (Å²) in [5.74, 6) is 0. The van der Waals surface area contributed by atoms with Gasteiger partial charge in [-0.3, -0.25) is 0 Å². The summed E-state index contributed by atoms with van der Waals surface area (Å²) in [6, 6.07) is 15.3. The van der Waals surface area contributed by atoms with Gasteiger partial charge >= 0.3 is 0 Å². The molecule has 0 amide bonds. The molecular formula is C18H21NO. The molecule has 0 aromatic heterocycles. The molecule has 104 valence electrons. The van der Waals surface area contributed by atoms with Crippen molar-refractivity contribution in [3.05, 3.63) is 59.2 Å². The maximum atomic E-state index is 5.79. The van der Waals surface area contributed by atoms with Crippen LogP contribution < -0.4 is 5.32 Å². The van der Waals surface area contributed by atoms with Crippen LogP contribution in [0.2, 0.25) is 0 Å². The molecule has 2 aromatic carbocycles. The van der Waals surface area contributed by atoms with Crippen LogP contribution in [0.1, 0.15) is 22.8 Å². The normalized spacial score (nSPS) is 19.0. The standard InChI is InChI=1S/C18H21NO/c1-13-4-3-5-17(14(13)2)15-6-8-16(9-7-15)18-12-19-10-11-20-18/h3-9,18-19H,10-12H2,1-2H3. The van der Waals surface area contributed by atoms with Gasteiger partial charge in [-0.15, -0.1) is 0 Å². The highest BCUT2D eigenvalue weighted by atomic mass is 16.5. The Bertz CT molecular complexity index is 583. The van der Waals surface area contributed by atoms with Gasteiger partial charge in [-0.25, -0.2) is 0 Å². The Hall–Kier alpha value is -1.64. The van der Waals surface area contributed by atoms with Crippen molar-refractivity contribution in [3.8, 4) is 11.1 Å². The molecule has 20 heavy (non-hydrogen) atoms. The monoisotopic (exact) mass is 267 g/mol. The highest BCUT2D eigenvalue weighted by molar-refractivity contribution is 5.68. The second-order valence-corrected chi connectivity index (χ2v) is 5.43. The average molecular weight is 267 g/mol. The Morgan fingerprint density at radius 2 is 1.85 bits per heavy atom. The van der Waals surface area contributed by atoms with Crippen molar-refractivity contribution in [3.63, 3.8) is 0 Å². The number of rotatable bonds is 2. The van der Waals surface area contributed by atoms with Gasteiger partial charge in [0.15, 0.2) is 0 Å². The number of morpholine rings is 1. The molecule has 2 nitrogen and oxygen atoms in total. The van der Waals surface area contributed by atoms with Crippen molar-refractivity contribution in [2.75, 3.05) is 19.7 Å². The van der Waals surface area contributed by atoms with Crippen LogP contribution in [0.25, 0.3) is 11.1 Å². The Morgan fingerprint density at radius 1 is 1.05 bits per heavy atom. The fraction of sp³-hybridized carbons (Fsp3) is 0.333. The first kappa shape index (κ1) is 13.3. The molecule has 1 atom stereocenters. The third kappa shape index (κ3) is 2.62. The fourth-order valence-electron chi connectivity index (χ4n) is 2.72. The van der Waals surface area contributed by atoms with Gasteiger partial charge < -0.3 is 10.1 Å². The SMILES string of the molecule is Cc1cccc(-c2ccc(C3CNCCO3)cc2)c1C. The number of ether oxygens (including phenoxy) is 1. The second-order valence-electron chi connectivity index (χ2n) is 5.43. The summed E-state index contributed by atoms with van der Waals surface area (Å²) in [6.45, 7) is 7.00. The first-order valence-electron chi connectivity index (χ1n) is 7.24. The molecule has 0 aliphatic carbocycles. The smallest absolute Gasteiger partial charge is 0.0949 e. The topological polar surface area (TPSA) is 21.3 Å². The zero-order valence-corrected chi connectivity index (χ0v) is 12.1. The van der Waals surface area contributed by atoms with E-state index in [1.807, 2.05) is 0 Å². The number of benzene rings is 2. The highest BCUT2D eigenvalue weighted by Crippen LogP contribution is 2.27. The minimum Gasteiger partial charge on any atom is -0.371 e. The van der Waals surface area contributed by atoms with Gasteiger partial charge in [0.25, 0.3) is 0 Å². The minimum absolute atomic E-state index is 0.191. The Labute approximate surface area is 120 Å². The van der Waals surface area contributed by atoms with Crippen LogP contribution in [0.15, 0.2) is 42.5 Å². The summed E-state index contributed by atoms with van der Waals surface area (Å²) in [6.07, 6.45) is 0.191. The number of aryl methyl sites for hydroxylation is 1. The lowest BCUT2D eigenvalue weighted by Crippen LogP contribution is -2.33. The summed E-state index contributed by atoms with van der Waals surface area (Å²) in [7, 11) is 0. The molecule has 1 N–H and O–H groups in total. The molecule has 1 aliphatic heterocycles. The lowest BCUT2D eigenvalue weighted by atomic mass is 9.95. The fourth-order valence-corrected chi connectivity index (χ4v) is 2.72. The van der Waals surface area contributed by atoms with E-state index in [1.54, 1.807) is 0 Å². The Balaban J connectivity index is 1.87. The summed E-state index contributed by atoms with van der Waals surface area (Å²) in [4.78, 5) is 0. The summed E-state index contributed by atoms with van der Waals surface area (Å²) in [5, 5.41) is 3.37. The number of hydrogen-bond donors (Lipinski definition) is 1. The molecule has 1 unspecified atom stereocenters. The quantitative estimate of drug-likeness (QED) is 0.897. The zero-order valence-electron chi connectivity index (χ0n) is 12.1. The van der Waals surface area contributed by atoms with E-state index >= 15 is 0 Å². The lowest BCUT2D eigenvalue weighted by molar-refractivity contribution is 0.0277. The molecule has 0 saturated carbocycles. The molecule has 1 heterocycles. The minimum atomic E-state index is 0.191. The molecule has 1 saturated heterocycles. The van der Waals surface area contributed by atoms with E-state index in [1.165, 1.54) is 27.8 Å². The molecule has 1 aliphatic rings. The van der Waals surface area contributed by atoms with E-state index in [0.717, 1.165) is 19.7 Å². The van der Waals surface area contributed by atoms with E-state index in [0.29, 0.717) is 0 Å². The van der Waals surface area contributed by atoms with Gasteiger partial charge in [-0.2, -0.15) is 0 Å². The summed E-state index contributed by atoms with van der Waals surface area (Å²) in [5.41, 5.74) is 6.55. The second kappa shape index (κ2) is 5.78. The van der Waals surface area contributed by atoms with Crippen molar-refractivity contribution in [1.82, 2.24) is 5.32 Å². The largest absolute Gasteiger partial charge is 0.371 e. The number of nitrogens with one attached hydrogen (secondary N) is 1. The molecule has 0 spiro atoms. The maximum absolute atomic E-state index is 5.79. The molecule has 3 rings (SSSR count). The average Bonchev–Trinajstić information content (AvgIpc) is 2.51. The first-order chi connectivity index (χ1) is 9.75. The van der Waals surface area contributed by atoms with Crippen LogP contribution in [0, 0.1) is 13.8 Å². The Kier molecular flexibility index (Phi) is 3.86. The van der Waals surface area contributed by atoms with Crippen LogP contribution in [0.5, 0.6) is 0 Å². The van der Waals surface area contributed by atoms with Crippen molar-refractivity contribution in [2.45, 2.75) is 20.0 Å². The molecule has 0 bridgehead atoms. The van der Waals surface area contributed by atoms with E-state index in [4.69, 9.17) is 4.74 Å². The van der Waals surface area contributed by atoms with Crippen molar-refractivity contribution >= 4 is 0 Å². The van der Waals surface area contributed by atoms with Gasteiger partial charge in [0.1, 0.15) is 0 Å². The molecule has 2 aromatic rings. The van der Waals surface area contributed by atoms with Crippen molar-refractivity contribution in [1.29, 1.82) is 0 Å². The number of hydrogen-bond acceptors (Lipinski definition) is 2. The maximum Gasteiger partial charge on any atom is 0.0949 e. The molecule has 0 radical (unpaired) electrons. The van der Waals surface area contributed by atoms with E-state index < -0.39 is 0 Å². The summed E-state index contributed by atoms with van der Waals surface area (Å²) >= 11 is 0. The van der Waals surface area contributed by atoms with Crippen molar-refractivity contribution < 1.29 is 4.74 Å². The van der Waals surface area contributed by atoms with E-state index in [9.17, 15) is 0 Å². The lowest BCUT2D eigenvalue weighted by Gasteiger charge is -2.24. The van der Waals surface area contributed by atoms with E-state index in [-0.39, 0.29) is 6.10 Å². The molecule has 2 heteroatoms. The summed E-state index contributed by atoms with van der Waals surface area (Å²) < 4.78 is 5.79. The Morgan fingerprint density at radius 3 is 2.55 bits per heavy atom. The first-order valence-corrected chi connectivity index (χ1v) is 7.24. The predicted molar refractivity (Wildman–Crippen MR) is 82.9 cm³/mol. The van der Waals surface area contributed by atoms with Crippen LogP contribution in [-0.4, -0.2) is 19.7 Å². The van der Waals surface area contributed by atoms with Crippen molar-refractivity contribution in [2.24, 2.45) is 0 Å². The van der Waals surface area contributed by atoms with E-state index in [2.05, 4.69) is 61.6 Å². The predicted octanol–water partition coefficient (Wildman–Crippen LogP) is 3.63. The van der Waals surface area contributed by atoms with Crippen LogP contribution >= 0.6 is 0 Å². The van der Waals surface area contributed by atoms with Gasteiger partial charge in [-0.05, 0) is 41.7 Å².